The van der Waals surface area contributed by atoms with Gasteiger partial charge in [0.1, 0.15) is 5.82 Å². The average Bonchev–Trinajstić information content (AvgIpc) is 2.47. The standard InChI is InChI=1S/C15H14BrFN2O3S/c1-10(15(20)18-13-4-2-3-11(16)9-13)19-23(21,22)14-7-5-12(17)6-8-14/h2-10,19H,1H3,(H,18,20). The van der Waals surface area contributed by atoms with Gasteiger partial charge in [0.15, 0.2) is 0 Å². The fraction of sp³-hybridized carbons (Fsp3) is 0.133. The van der Waals surface area contributed by atoms with Crippen LogP contribution in [0.1, 0.15) is 6.92 Å². The van der Waals surface area contributed by atoms with E-state index >= 15 is 0 Å². The van der Waals surface area contributed by atoms with Gasteiger partial charge in [-0.25, -0.2) is 12.8 Å². The molecule has 0 saturated heterocycles. The maximum absolute atomic E-state index is 12.9. The maximum Gasteiger partial charge on any atom is 0.242 e. The lowest BCUT2D eigenvalue weighted by atomic mass is 10.3. The second-order valence-electron chi connectivity index (χ2n) is 4.80. The number of rotatable bonds is 5. The first-order chi connectivity index (χ1) is 10.8. The zero-order valence-corrected chi connectivity index (χ0v) is 14.5. The zero-order valence-electron chi connectivity index (χ0n) is 12.1. The Morgan fingerprint density at radius 1 is 1.17 bits per heavy atom. The quantitative estimate of drug-likeness (QED) is 0.809. The van der Waals surface area contributed by atoms with E-state index < -0.39 is 27.8 Å². The van der Waals surface area contributed by atoms with Crippen LogP contribution in [-0.2, 0) is 14.8 Å². The SMILES string of the molecule is CC(NS(=O)(=O)c1ccc(F)cc1)C(=O)Nc1cccc(Br)c1. The van der Waals surface area contributed by atoms with E-state index in [-0.39, 0.29) is 4.90 Å². The molecule has 0 spiro atoms. The highest BCUT2D eigenvalue weighted by Gasteiger charge is 2.22. The molecule has 2 aromatic carbocycles. The molecule has 0 fully saturated rings. The summed E-state index contributed by atoms with van der Waals surface area (Å²) in [7, 11) is -3.91. The summed E-state index contributed by atoms with van der Waals surface area (Å²) in [5, 5.41) is 2.61. The Labute approximate surface area is 142 Å². The number of carbonyl (C=O) groups is 1. The van der Waals surface area contributed by atoms with Gasteiger partial charge >= 0.3 is 0 Å². The number of sulfonamides is 1. The minimum atomic E-state index is -3.91. The first kappa shape index (κ1) is 17.6. The van der Waals surface area contributed by atoms with Crippen molar-refractivity contribution in [3.8, 4) is 0 Å². The van der Waals surface area contributed by atoms with Gasteiger partial charge in [-0.2, -0.15) is 4.72 Å². The number of hydrogen-bond acceptors (Lipinski definition) is 3. The third kappa shape index (κ3) is 4.85. The fourth-order valence-electron chi connectivity index (χ4n) is 1.78. The van der Waals surface area contributed by atoms with Crippen molar-refractivity contribution < 1.29 is 17.6 Å². The smallest absolute Gasteiger partial charge is 0.242 e. The number of halogens is 2. The lowest BCUT2D eigenvalue weighted by Crippen LogP contribution is -2.41. The summed E-state index contributed by atoms with van der Waals surface area (Å²) in [6.07, 6.45) is 0. The molecular weight excluding hydrogens is 387 g/mol. The lowest BCUT2D eigenvalue weighted by molar-refractivity contribution is -0.117. The van der Waals surface area contributed by atoms with E-state index in [9.17, 15) is 17.6 Å². The third-order valence-corrected chi connectivity index (χ3v) is 4.99. The Morgan fingerprint density at radius 3 is 2.43 bits per heavy atom. The van der Waals surface area contributed by atoms with Crippen molar-refractivity contribution in [2.75, 3.05) is 5.32 Å². The number of amides is 1. The van der Waals surface area contributed by atoms with Crippen molar-refractivity contribution in [3.05, 3.63) is 58.8 Å². The molecule has 0 saturated carbocycles. The Balaban J connectivity index is 2.06. The summed E-state index contributed by atoms with van der Waals surface area (Å²) < 4.78 is 40.2. The van der Waals surface area contributed by atoms with Crippen LogP contribution in [0.4, 0.5) is 10.1 Å². The molecule has 8 heteroatoms. The summed E-state index contributed by atoms with van der Waals surface area (Å²) in [6, 6.07) is 10.3. The van der Waals surface area contributed by atoms with Gasteiger partial charge in [0, 0.05) is 10.2 Å². The minimum Gasteiger partial charge on any atom is -0.325 e. The highest BCUT2D eigenvalue weighted by molar-refractivity contribution is 9.10. The summed E-state index contributed by atoms with van der Waals surface area (Å²) in [6.45, 7) is 1.42. The van der Waals surface area contributed by atoms with Crippen LogP contribution >= 0.6 is 15.9 Å². The molecule has 0 aliphatic heterocycles. The Hall–Kier alpha value is -1.77. The third-order valence-electron chi connectivity index (χ3n) is 2.94. The van der Waals surface area contributed by atoms with Crippen molar-refractivity contribution in [1.82, 2.24) is 4.72 Å². The lowest BCUT2D eigenvalue weighted by Gasteiger charge is -2.14. The fourth-order valence-corrected chi connectivity index (χ4v) is 3.39. The highest BCUT2D eigenvalue weighted by atomic mass is 79.9. The van der Waals surface area contributed by atoms with Gasteiger partial charge in [0.25, 0.3) is 0 Å². The van der Waals surface area contributed by atoms with E-state index in [2.05, 4.69) is 26.0 Å². The molecule has 0 bridgehead atoms. The maximum atomic E-state index is 12.9. The van der Waals surface area contributed by atoms with E-state index in [4.69, 9.17) is 0 Å². The van der Waals surface area contributed by atoms with Crippen molar-refractivity contribution in [2.24, 2.45) is 0 Å². The van der Waals surface area contributed by atoms with E-state index in [0.717, 1.165) is 28.7 Å². The van der Waals surface area contributed by atoms with Gasteiger partial charge in [-0.1, -0.05) is 22.0 Å². The van der Waals surface area contributed by atoms with Crippen LogP contribution in [0, 0.1) is 5.82 Å². The molecule has 2 N–H and O–H groups in total. The summed E-state index contributed by atoms with van der Waals surface area (Å²) in [5.41, 5.74) is 0.539. The Kier molecular flexibility index (Phi) is 5.51. The summed E-state index contributed by atoms with van der Waals surface area (Å²) in [4.78, 5) is 12.0. The monoisotopic (exact) mass is 400 g/mol. The summed E-state index contributed by atoms with van der Waals surface area (Å²) in [5.74, 6) is -1.04. The van der Waals surface area contributed by atoms with Crippen LogP contribution in [-0.4, -0.2) is 20.4 Å². The first-order valence-corrected chi connectivity index (χ1v) is 8.90. The van der Waals surface area contributed by atoms with Crippen LogP contribution in [0.5, 0.6) is 0 Å². The number of hydrogen-bond donors (Lipinski definition) is 2. The Bertz CT molecular complexity index is 810. The van der Waals surface area contributed by atoms with Crippen LogP contribution in [0.2, 0.25) is 0 Å². The molecule has 2 aromatic rings. The largest absolute Gasteiger partial charge is 0.325 e. The molecule has 0 aliphatic rings. The zero-order chi connectivity index (χ0) is 17.0. The van der Waals surface area contributed by atoms with Gasteiger partial charge in [0.05, 0.1) is 10.9 Å². The number of nitrogens with one attached hydrogen (secondary N) is 2. The minimum absolute atomic E-state index is 0.110. The van der Waals surface area contributed by atoms with Crippen LogP contribution < -0.4 is 10.0 Å². The normalized spacial score (nSPS) is 12.7. The molecule has 0 aliphatic carbocycles. The molecule has 122 valence electrons. The van der Waals surface area contributed by atoms with E-state index in [1.54, 1.807) is 24.3 Å². The molecule has 0 radical (unpaired) electrons. The Morgan fingerprint density at radius 2 is 1.83 bits per heavy atom. The molecule has 1 amide bonds. The predicted octanol–water partition coefficient (Wildman–Crippen LogP) is 2.89. The van der Waals surface area contributed by atoms with Gasteiger partial charge in [0.2, 0.25) is 15.9 Å². The topological polar surface area (TPSA) is 75.3 Å². The molecule has 2 rings (SSSR count). The second kappa shape index (κ2) is 7.20. The predicted molar refractivity (Wildman–Crippen MR) is 89.0 cm³/mol. The molecule has 1 atom stereocenters. The van der Waals surface area contributed by atoms with E-state index in [0.29, 0.717) is 5.69 Å². The van der Waals surface area contributed by atoms with Crippen molar-refractivity contribution in [3.63, 3.8) is 0 Å². The van der Waals surface area contributed by atoms with Crippen molar-refractivity contribution in [1.29, 1.82) is 0 Å². The number of anilines is 1. The van der Waals surface area contributed by atoms with E-state index in [1.807, 2.05) is 0 Å². The molecule has 1 unspecified atom stereocenters. The van der Waals surface area contributed by atoms with E-state index in [1.165, 1.54) is 6.92 Å². The van der Waals surface area contributed by atoms with Crippen molar-refractivity contribution >= 4 is 37.5 Å². The van der Waals surface area contributed by atoms with Gasteiger partial charge < -0.3 is 5.32 Å². The molecule has 0 aromatic heterocycles. The van der Waals surface area contributed by atoms with Crippen LogP contribution in [0.3, 0.4) is 0 Å². The molecular formula is C15H14BrFN2O3S. The van der Waals surface area contributed by atoms with Gasteiger partial charge in [-0.05, 0) is 49.4 Å². The highest BCUT2D eigenvalue weighted by Crippen LogP contribution is 2.16. The van der Waals surface area contributed by atoms with Crippen LogP contribution in [0.15, 0.2) is 57.9 Å². The molecule has 23 heavy (non-hydrogen) atoms. The molecule has 0 heterocycles. The average molecular weight is 401 g/mol. The molecule has 5 nitrogen and oxygen atoms in total. The van der Waals surface area contributed by atoms with Crippen molar-refractivity contribution in [2.45, 2.75) is 17.9 Å². The van der Waals surface area contributed by atoms with Gasteiger partial charge in [-0.15, -0.1) is 0 Å². The number of carbonyl (C=O) groups excluding carboxylic acids is 1. The van der Waals surface area contributed by atoms with Crippen LogP contribution in [0.25, 0.3) is 0 Å². The second-order valence-corrected chi connectivity index (χ2v) is 7.43. The number of benzene rings is 2. The summed E-state index contributed by atoms with van der Waals surface area (Å²) >= 11 is 3.28. The first-order valence-electron chi connectivity index (χ1n) is 6.62. The van der Waals surface area contributed by atoms with Gasteiger partial charge in [-0.3, -0.25) is 4.79 Å².